The Labute approximate surface area is 192 Å². The molecule has 4 aromatic rings. The van der Waals surface area contributed by atoms with Gasteiger partial charge in [-0.25, -0.2) is 0 Å². The van der Waals surface area contributed by atoms with Crippen LogP contribution in [-0.4, -0.2) is 57.0 Å². The van der Waals surface area contributed by atoms with Crippen LogP contribution in [0.25, 0.3) is 22.2 Å². The number of hydrogen-bond acceptors (Lipinski definition) is 6. The third-order valence-corrected chi connectivity index (χ3v) is 5.81. The van der Waals surface area contributed by atoms with E-state index in [0.29, 0.717) is 44.3 Å². The zero-order valence-corrected chi connectivity index (χ0v) is 18.0. The van der Waals surface area contributed by atoms with Gasteiger partial charge in [0.1, 0.15) is 5.69 Å². The smallest absolute Gasteiger partial charge is 0.338 e. The summed E-state index contributed by atoms with van der Waals surface area (Å²) in [6.45, 7) is 2.56. The topological polar surface area (TPSA) is 75.4 Å². The maximum atomic E-state index is 13.1. The van der Waals surface area contributed by atoms with Crippen molar-refractivity contribution in [3.8, 4) is 11.4 Å². The second kappa shape index (κ2) is 8.86. The first kappa shape index (κ1) is 22.0. The van der Waals surface area contributed by atoms with Crippen molar-refractivity contribution in [1.29, 1.82) is 0 Å². The lowest BCUT2D eigenvalue weighted by atomic mass is 10.1. The van der Waals surface area contributed by atoms with Crippen LogP contribution >= 0.6 is 0 Å². The summed E-state index contributed by atoms with van der Waals surface area (Å²) < 4.78 is 44.2. The monoisotopic (exact) mass is 467 g/mol. The molecule has 0 aliphatic carbocycles. The highest BCUT2D eigenvalue weighted by Crippen LogP contribution is 2.31. The number of carbonyl (C=O) groups is 1. The molecule has 2 aromatic carbocycles. The molecular formula is C24H20F3N5O2. The Kier molecular flexibility index (Phi) is 5.74. The van der Waals surface area contributed by atoms with Gasteiger partial charge in [0.15, 0.2) is 0 Å². The first-order valence-electron chi connectivity index (χ1n) is 10.7. The molecule has 34 heavy (non-hydrogen) atoms. The predicted molar refractivity (Wildman–Crippen MR) is 118 cm³/mol. The molecule has 0 spiro atoms. The summed E-state index contributed by atoms with van der Waals surface area (Å²) in [5.41, 5.74) is -0.0881. The molecule has 0 unspecified atom stereocenters. The lowest BCUT2D eigenvalue weighted by molar-refractivity contribution is -0.137. The average Bonchev–Trinajstić information content (AvgIpc) is 3.32. The minimum Gasteiger partial charge on any atom is -0.338 e. The van der Waals surface area contributed by atoms with E-state index >= 15 is 0 Å². The number of fused-ring (bicyclic) bond motifs is 1. The van der Waals surface area contributed by atoms with Gasteiger partial charge < -0.3 is 9.42 Å². The first-order valence-corrected chi connectivity index (χ1v) is 10.7. The van der Waals surface area contributed by atoms with Gasteiger partial charge in [0.05, 0.1) is 12.1 Å². The van der Waals surface area contributed by atoms with Crippen LogP contribution in [0.5, 0.6) is 0 Å². The number of hydrogen-bond donors (Lipinski definition) is 0. The molecule has 1 saturated heterocycles. The largest absolute Gasteiger partial charge is 0.416 e. The number of benzene rings is 2. The molecule has 0 radical (unpaired) electrons. The van der Waals surface area contributed by atoms with Crippen molar-refractivity contribution >= 4 is 16.7 Å². The fourth-order valence-corrected chi connectivity index (χ4v) is 4.01. The summed E-state index contributed by atoms with van der Waals surface area (Å²) in [6, 6.07) is 14.3. The predicted octanol–water partition coefficient (Wildman–Crippen LogP) is 4.26. The maximum Gasteiger partial charge on any atom is 0.416 e. The fraction of sp³-hybridized carbons (Fsp3) is 0.250. The molecule has 174 valence electrons. The van der Waals surface area contributed by atoms with Gasteiger partial charge in [-0.2, -0.15) is 18.2 Å². The van der Waals surface area contributed by atoms with Gasteiger partial charge in [0, 0.05) is 43.3 Å². The van der Waals surface area contributed by atoms with Crippen LogP contribution < -0.4 is 0 Å². The molecule has 5 rings (SSSR count). The standard InChI is InChI=1S/C24H20F3N5O2/c25-24(26,27)18-6-3-5-17(14-18)22-29-20(34-30-22)15-31-10-12-32(13-11-31)23(33)21-19-7-2-1-4-16(19)8-9-28-21/h1-9,14H,10-13,15H2. The van der Waals surface area contributed by atoms with Crippen LogP contribution in [0.3, 0.4) is 0 Å². The zero-order chi connectivity index (χ0) is 23.7. The molecule has 3 heterocycles. The van der Waals surface area contributed by atoms with E-state index in [0.717, 1.165) is 22.9 Å². The van der Waals surface area contributed by atoms with E-state index in [1.165, 1.54) is 12.1 Å². The summed E-state index contributed by atoms with van der Waals surface area (Å²) in [5, 5.41) is 5.62. The second-order valence-corrected chi connectivity index (χ2v) is 8.04. The molecule has 0 atom stereocenters. The molecule has 1 amide bonds. The maximum absolute atomic E-state index is 13.1. The van der Waals surface area contributed by atoms with Crippen molar-refractivity contribution in [2.45, 2.75) is 12.7 Å². The molecule has 1 aliphatic rings. The van der Waals surface area contributed by atoms with E-state index in [1.54, 1.807) is 11.1 Å². The average molecular weight is 467 g/mol. The van der Waals surface area contributed by atoms with Gasteiger partial charge >= 0.3 is 6.18 Å². The zero-order valence-electron chi connectivity index (χ0n) is 18.0. The Bertz CT molecular complexity index is 1320. The highest BCUT2D eigenvalue weighted by atomic mass is 19.4. The van der Waals surface area contributed by atoms with Gasteiger partial charge in [-0.1, -0.05) is 41.6 Å². The number of alkyl halides is 3. The van der Waals surface area contributed by atoms with Crippen LogP contribution in [0, 0.1) is 0 Å². The molecule has 10 heteroatoms. The Morgan fingerprint density at radius 2 is 1.79 bits per heavy atom. The third kappa shape index (κ3) is 4.49. The van der Waals surface area contributed by atoms with Crippen molar-refractivity contribution in [1.82, 2.24) is 24.9 Å². The molecule has 7 nitrogen and oxygen atoms in total. The Balaban J connectivity index is 1.22. The molecule has 1 fully saturated rings. The molecule has 0 saturated carbocycles. The number of rotatable bonds is 4. The number of halogens is 3. The SMILES string of the molecule is O=C(c1nccc2ccccc12)N1CCN(Cc2nc(-c3cccc(C(F)(F)F)c3)no2)CC1. The molecule has 2 aromatic heterocycles. The molecule has 0 N–H and O–H groups in total. The van der Waals surface area contributed by atoms with Crippen LogP contribution in [0.4, 0.5) is 13.2 Å². The van der Waals surface area contributed by atoms with Gasteiger partial charge in [-0.05, 0) is 23.6 Å². The molecular weight excluding hydrogens is 447 g/mol. The van der Waals surface area contributed by atoms with E-state index in [4.69, 9.17) is 4.52 Å². The second-order valence-electron chi connectivity index (χ2n) is 8.04. The van der Waals surface area contributed by atoms with Gasteiger partial charge in [0.2, 0.25) is 11.7 Å². The summed E-state index contributed by atoms with van der Waals surface area (Å²) in [5.74, 6) is 0.306. The Morgan fingerprint density at radius 1 is 1.00 bits per heavy atom. The highest BCUT2D eigenvalue weighted by Gasteiger charge is 2.31. The summed E-state index contributed by atoms with van der Waals surface area (Å²) >= 11 is 0. The van der Waals surface area contributed by atoms with Crippen LogP contribution in [0.1, 0.15) is 21.9 Å². The van der Waals surface area contributed by atoms with Crippen molar-refractivity contribution in [3.05, 3.63) is 77.9 Å². The summed E-state index contributed by atoms with van der Waals surface area (Å²) in [4.78, 5) is 25.5. The Hall–Kier alpha value is -3.79. The van der Waals surface area contributed by atoms with E-state index in [9.17, 15) is 18.0 Å². The number of amides is 1. The molecule has 0 bridgehead atoms. The van der Waals surface area contributed by atoms with Crippen molar-refractivity contribution < 1.29 is 22.5 Å². The number of pyridine rings is 1. The summed E-state index contributed by atoms with van der Waals surface area (Å²) in [7, 11) is 0. The Morgan fingerprint density at radius 3 is 2.59 bits per heavy atom. The number of aromatic nitrogens is 3. The number of piperazine rings is 1. The van der Waals surface area contributed by atoms with E-state index in [1.807, 2.05) is 30.3 Å². The van der Waals surface area contributed by atoms with E-state index < -0.39 is 11.7 Å². The third-order valence-electron chi connectivity index (χ3n) is 5.81. The highest BCUT2D eigenvalue weighted by molar-refractivity contribution is 6.05. The van der Waals surface area contributed by atoms with Gasteiger partial charge in [-0.3, -0.25) is 14.7 Å². The lowest BCUT2D eigenvalue weighted by Crippen LogP contribution is -2.48. The molecule has 1 aliphatic heterocycles. The van der Waals surface area contributed by atoms with Crippen molar-refractivity contribution in [2.24, 2.45) is 0 Å². The number of carbonyl (C=O) groups excluding carboxylic acids is 1. The first-order chi connectivity index (χ1) is 16.4. The van der Waals surface area contributed by atoms with Crippen LogP contribution in [0.2, 0.25) is 0 Å². The van der Waals surface area contributed by atoms with Crippen LogP contribution in [0.15, 0.2) is 65.3 Å². The van der Waals surface area contributed by atoms with Crippen LogP contribution in [-0.2, 0) is 12.7 Å². The van der Waals surface area contributed by atoms with Crippen molar-refractivity contribution in [3.63, 3.8) is 0 Å². The van der Waals surface area contributed by atoms with Gasteiger partial charge in [-0.15, -0.1) is 0 Å². The lowest BCUT2D eigenvalue weighted by Gasteiger charge is -2.33. The van der Waals surface area contributed by atoms with E-state index in [-0.39, 0.29) is 17.3 Å². The van der Waals surface area contributed by atoms with Gasteiger partial charge in [0.25, 0.3) is 5.91 Å². The van der Waals surface area contributed by atoms with Crippen molar-refractivity contribution in [2.75, 3.05) is 26.2 Å². The summed E-state index contributed by atoms with van der Waals surface area (Å²) in [6.07, 6.45) is -2.80. The minimum atomic E-state index is -4.44. The quantitative estimate of drug-likeness (QED) is 0.447. The van der Waals surface area contributed by atoms with E-state index in [2.05, 4.69) is 20.0 Å². The normalized spacial score (nSPS) is 15.1. The fourth-order valence-electron chi connectivity index (χ4n) is 4.01. The minimum absolute atomic E-state index is 0.108. The number of nitrogens with zero attached hydrogens (tertiary/aromatic N) is 5.